The van der Waals surface area contributed by atoms with Crippen LogP contribution in [0.3, 0.4) is 0 Å². The van der Waals surface area contributed by atoms with Crippen LogP contribution in [0.1, 0.15) is 25.1 Å². The van der Waals surface area contributed by atoms with Gasteiger partial charge in [0.1, 0.15) is 12.0 Å². The molecule has 3 aliphatic rings. The standard InChI is InChI=1S/C17H22F3N7O3S/c1-10-9-30-7-6-25(10)15-11-3-5-26(31(28,29)17(18,19)20)14(11)12-8-22-27(16(12)23-15)13-2-4-21-24-13/h8,10,13,21,24H,2-7,9H2,1H3/t10-,13?/m1/s1. The second-order valence-corrected chi connectivity index (χ2v) is 9.71. The summed E-state index contributed by atoms with van der Waals surface area (Å²) in [6, 6.07) is -0.0567. The number of alkyl halides is 3. The molecule has 2 atom stereocenters. The van der Waals surface area contributed by atoms with Crippen LogP contribution in [-0.2, 0) is 21.2 Å². The lowest BCUT2D eigenvalue weighted by atomic mass is 10.1. The summed E-state index contributed by atoms with van der Waals surface area (Å²) in [5.41, 5.74) is 1.51. The number of ether oxygens (including phenoxy) is 1. The molecule has 31 heavy (non-hydrogen) atoms. The number of nitrogens with zero attached hydrogens (tertiary/aromatic N) is 5. The van der Waals surface area contributed by atoms with Crippen LogP contribution in [0.5, 0.6) is 0 Å². The maximum atomic E-state index is 13.4. The zero-order valence-corrected chi connectivity index (χ0v) is 17.5. The van der Waals surface area contributed by atoms with Gasteiger partial charge in [0.15, 0.2) is 5.65 Å². The Morgan fingerprint density at radius 1 is 1.29 bits per heavy atom. The number of fused-ring (bicyclic) bond motifs is 3. The van der Waals surface area contributed by atoms with E-state index in [0.717, 1.165) is 0 Å². The zero-order valence-electron chi connectivity index (χ0n) is 16.7. The number of sulfonamides is 1. The van der Waals surface area contributed by atoms with Crippen molar-refractivity contribution in [2.24, 2.45) is 0 Å². The van der Waals surface area contributed by atoms with Crippen molar-refractivity contribution in [1.29, 1.82) is 0 Å². The minimum Gasteiger partial charge on any atom is -0.377 e. The number of rotatable bonds is 3. The van der Waals surface area contributed by atoms with E-state index in [9.17, 15) is 21.6 Å². The average Bonchev–Trinajstić information content (AvgIpc) is 3.45. The number of pyridine rings is 1. The summed E-state index contributed by atoms with van der Waals surface area (Å²) in [5.74, 6) is 0.492. The number of anilines is 2. The van der Waals surface area contributed by atoms with Crippen LogP contribution in [0, 0.1) is 0 Å². The Morgan fingerprint density at radius 2 is 2.10 bits per heavy atom. The molecule has 2 saturated heterocycles. The van der Waals surface area contributed by atoms with Gasteiger partial charge in [-0.2, -0.15) is 26.7 Å². The minimum atomic E-state index is -5.55. The van der Waals surface area contributed by atoms with E-state index >= 15 is 0 Å². The molecule has 0 amide bonds. The molecule has 1 unspecified atom stereocenters. The van der Waals surface area contributed by atoms with Crippen LogP contribution < -0.4 is 20.1 Å². The van der Waals surface area contributed by atoms with Crippen LogP contribution >= 0.6 is 0 Å². The topological polar surface area (TPSA) is 105 Å². The van der Waals surface area contributed by atoms with Gasteiger partial charge >= 0.3 is 15.5 Å². The molecule has 0 aromatic carbocycles. The molecule has 10 nitrogen and oxygen atoms in total. The van der Waals surface area contributed by atoms with Gasteiger partial charge in [-0.25, -0.2) is 15.1 Å². The van der Waals surface area contributed by atoms with Gasteiger partial charge in [0, 0.05) is 25.2 Å². The van der Waals surface area contributed by atoms with Crippen molar-refractivity contribution >= 4 is 32.6 Å². The first-order valence-electron chi connectivity index (χ1n) is 10.0. The fourth-order valence-electron chi connectivity index (χ4n) is 4.44. The van der Waals surface area contributed by atoms with Gasteiger partial charge < -0.3 is 9.64 Å². The number of nitrogens with one attached hydrogen (secondary N) is 2. The molecular formula is C17H22F3N7O3S. The van der Waals surface area contributed by atoms with E-state index in [0.29, 0.717) is 59.4 Å². The van der Waals surface area contributed by atoms with Crippen LogP contribution in [0.2, 0.25) is 0 Å². The molecule has 5 heterocycles. The quantitative estimate of drug-likeness (QED) is 0.694. The summed E-state index contributed by atoms with van der Waals surface area (Å²) in [4.78, 5) is 6.78. The predicted molar refractivity (Wildman–Crippen MR) is 106 cm³/mol. The highest BCUT2D eigenvalue weighted by Gasteiger charge is 2.52. The van der Waals surface area contributed by atoms with Gasteiger partial charge in [0.25, 0.3) is 0 Å². The maximum absolute atomic E-state index is 13.4. The molecule has 0 spiro atoms. The molecule has 0 aliphatic carbocycles. The molecule has 0 bridgehead atoms. The van der Waals surface area contributed by atoms with Crippen molar-refractivity contribution in [3.63, 3.8) is 0 Å². The van der Waals surface area contributed by atoms with Crippen LogP contribution in [-0.4, -0.2) is 67.6 Å². The molecule has 3 aliphatic heterocycles. The highest BCUT2D eigenvalue weighted by molar-refractivity contribution is 7.93. The molecule has 0 radical (unpaired) electrons. The highest BCUT2D eigenvalue weighted by atomic mass is 32.2. The third-order valence-electron chi connectivity index (χ3n) is 5.94. The monoisotopic (exact) mass is 461 g/mol. The lowest BCUT2D eigenvalue weighted by Gasteiger charge is -2.35. The maximum Gasteiger partial charge on any atom is 0.516 e. The van der Waals surface area contributed by atoms with Crippen LogP contribution in [0.4, 0.5) is 24.7 Å². The normalized spacial score (nSPS) is 24.9. The van der Waals surface area contributed by atoms with Gasteiger partial charge in [-0.1, -0.05) is 0 Å². The number of aromatic nitrogens is 3. The van der Waals surface area contributed by atoms with Gasteiger partial charge in [0.05, 0.1) is 36.5 Å². The van der Waals surface area contributed by atoms with Crippen molar-refractivity contribution in [1.82, 2.24) is 25.6 Å². The summed E-state index contributed by atoms with van der Waals surface area (Å²) >= 11 is 0. The molecular weight excluding hydrogens is 439 g/mol. The largest absolute Gasteiger partial charge is 0.516 e. The smallest absolute Gasteiger partial charge is 0.377 e. The third kappa shape index (κ3) is 3.15. The lowest BCUT2D eigenvalue weighted by Crippen LogP contribution is -2.44. The van der Waals surface area contributed by atoms with Crippen LogP contribution in [0.25, 0.3) is 11.0 Å². The van der Waals surface area contributed by atoms with E-state index in [1.54, 1.807) is 4.68 Å². The molecule has 14 heteroatoms. The zero-order chi connectivity index (χ0) is 22.0. The number of morpholine rings is 1. The van der Waals surface area contributed by atoms with E-state index in [-0.39, 0.29) is 30.9 Å². The molecule has 2 aromatic rings. The number of hydrogen-bond acceptors (Lipinski definition) is 8. The minimum absolute atomic E-state index is 0.0215. The Morgan fingerprint density at radius 3 is 2.77 bits per heavy atom. The van der Waals surface area contributed by atoms with E-state index in [4.69, 9.17) is 9.72 Å². The Kier molecular flexibility index (Phi) is 4.80. The van der Waals surface area contributed by atoms with E-state index in [1.165, 1.54) is 6.20 Å². The highest BCUT2D eigenvalue weighted by Crippen LogP contribution is 2.45. The molecule has 2 fully saturated rings. The predicted octanol–water partition coefficient (Wildman–Crippen LogP) is 0.865. The number of halogens is 3. The fraction of sp³-hybridized carbons (Fsp3) is 0.647. The Bertz CT molecular complexity index is 1110. The average molecular weight is 461 g/mol. The van der Waals surface area contributed by atoms with Crippen molar-refractivity contribution in [3.8, 4) is 0 Å². The van der Waals surface area contributed by atoms with Crippen molar-refractivity contribution in [2.45, 2.75) is 37.5 Å². The van der Waals surface area contributed by atoms with E-state index in [1.807, 2.05) is 11.8 Å². The Balaban J connectivity index is 1.74. The SMILES string of the molecule is C[C@@H]1COCCN1c1nc2c(cnn2C2CCNN2)c2c1CCN2S(=O)(=O)C(F)(F)F. The van der Waals surface area contributed by atoms with Crippen molar-refractivity contribution in [3.05, 3.63) is 11.8 Å². The Labute approximate surface area is 176 Å². The van der Waals surface area contributed by atoms with E-state index in [2.05, 4.69) is 16.0 Å². The first-order valence-corrected chi connectivity index (χ1v) is 11.5. The summed E-state index contributed by atoms with van der Waals surface area (Å²) in [6.07, 6.45) is 2.00. The van der Waals surface area contributed by atoms with Gasteiger partial charge in [-0.3, -0.25) is 9.73 Å². The Hall–Kier alpha value is -2.16. The molecule has 0 saturated carbocycles. The first-order chi connectivity index (χ1) is 14.7. The second-order valence-electron chi connectivity index (χ2n) is 7.85. The summed E-state index contributed by atoms with van der Waals surface area (Å²) in [7, 11) is -5.55. The molecule has 170 valence electrons. The lowest BCUT2D eigenvalue weighted by molar-refractivity contribution is -0.0437. The summed E-state index contributed by atoms with van der Waals surface area (Å²) in [5, 5.41) is 4.63. The summed E-state index contributed by atoms with van der Waals surface area (Å²) in [6.45, 7) is 3.76. The van der Waals surface area contributed by atoms with Gasteiger partial charge in [0.2, 0.25) is 0 Å². The third-order valence-corrected chi connectivity index (χ3v) is 7.47. The number of hydrazine groups is 1. The second kappa shape index (κ2) is 7.18. The van der Waals surface area contributed by atoms with Crippen molar-refractivity contribution < 1.29 is 26.3 Å². The fourth-order valence-corrected chi connectivity index (χ4v) is 5.47. The van der Waals surface area contributed by atoms with Gasteiger partial charge in [-0.05, 0) is 19.8 Å². The van der Waals surface area contributed by atoms with Gasteiger partial charge in [-0.15, -0.1) is 0 Å². The number of hydrogen-bond donors (Lipinski definition) is 2. The van der Waals surface area contributed by atoms with Crippen LogP contribution in [0.15, 0.2) is 6.20 Å². The molecule has 5 rings (SSSR count). The summed E-state index contributed by atoms with van der Waals surface area (Å²) < 4.78 is 72.6. The first kappa shape index (κ1) is 20.7. The van der Waals surface area contributed by atoms with Crippen molar-refractivity contribution in [2.75, 3.05) is 42.1 Å². The molecule has 2 N–H and O–H groups in total. The van der Waals surface area contributed by atoms with E-state index < -0.39 is 15.5 Å². The molecule has 2 aromatic heterocycles.